The van der Waals surface area contributed by atoms with Gasteiger partial charge in [0.25, 0.3) is 11.5 Å². The lowest BCUT2D eigenvalue weighted by molar-refractivity contribution is 0.0730. The molecule has 1 aromatic carbocycles. The Morgan fingerprint density at radius 1 is 1.09 bits per heavy atom. The number of hydrogen-bond donors (Lipinski definition) is 0. The van der Waals surface area contributed by atoms with Crippen molar-refractivity contribution in [1.29, 1.82) is 0 Å². The van der Waals surface area contributed by atoms with E-state index in [1.54, 1.807) is 30.4 Å². The molecule has 0 saturated carbocycles. The Balaban J connectivity index is 1.77. The first kappa shape index (κ1) is 21.5. The van der Waals surface area contributed by atoms with Gasteiger partial charge in [-0.1, -0.05) is 24.3 Å². The molecule has 0 aliphatic rings. The summed E-state index contributed by atoms with van der Waals surface area (Å²) in [6.07, 6.45) is 1.41. The van der Waals surface area contributed by atoms with Crippen LogP contribution in [0.1, 0.15) is 20.8 Å². The normalized spacial score (nSPS) is 11.0. The Bertz CT molecular complexity index is 1410. The Kier molecular flexibility index (Phi) is 5.91. The summed E-state index contributed by atoms with van der Waals surface area (Å²) in [5.74, 6) is 0.423. The average molecular weight is 451 g/mol. The average Bonchev–Trinajstić information content (AvgIpc) is 3.33. The molecule has 0 saturated heterocycles. The number of methoxy groups -OCH3 is 1. The maximum atomic E-state index is 13.5. The third-order valence-corrected chi connectivity index (χ3v) is 6.17. The summed E-state index contributed by atoms with van der Waals surface area (Å²) in [7, 11) is 4.55. The fraction of sp³-hybridized carbons (Fsp3) is 0.217. The van der Waals surface area contributed by atoms with Crippen LogP contribution >= 0.6 is 11.3 Å². The highest BCUT2D eigenvalue weighted by atomic mass is 32.1. The molecule has 0 unspecified atom stereocenters. The van der Waals surface area contributed by atoms with Crippen molar-refractivity contribution in [2.75, 3.05) is 7.11 Å². The van der Waals surface area contributed by atoms with E-state index < -0.39 is 11.2 Å². The van der Waals surface area contributed by atoms with Crippen LogP contribution in [0, 0.1) is 0 Å². The molecular weight excluding hydrogens is 428 g/mol. The second-order valence-corrected chi connectivity index (χ2v) is 8.39. The van der Waals surface area contributed by atoms with Crippen LogP contribution in [0.25, 0.3) is 11.0 Å². The van der Waals surface area contributed by atoms with Crippen LogP contribution in [0.3, 0.4) is 0 Å². The molecule has 164 valence electrons. The van der Waals surface area contributed by atoms with Gasteiger partial charge < -0.3 is 9.64 Å². The monoisotopic (exact) mass is 450 g/mol. The number of rotatable bonds is 6. The van der Waals surface area contributed by atoms with Crippen LogP contribution < -0.4 is 16.0 Å². The lowest BCUT2D eigenvalue weighted by Gasteiger charge is -2.23. The van der Waals surface area contributed by atoms with E-state index >= 15 is 0 Å². The highest BCUT2D eigenvalue weighted by Gasteiger charge is 2.21. The third-order valence-electron chi connectivity index (χ3n) is 5.31. The number of fused-ring (bicyclic) bond motifs is 1. The molecule has 0 atom stereocenters. The molecule has 0 fully saturated rings. The van der Waals surface area contributed by atoms with Gasteiger partial charge in [-0.3, -0.25) is 18.7 Å². The zero-order chi connectivity index (χ0) is 22.8. The van der Waals surface area contributed by atoms with Crippen LogP contribution in [0.2, 0.25) is 0 Å². The van der Waals surface area contributed by atoms with Crippen molar-refractivity contribution in [3.05, 3.63) is 90.9 Å². The lowest BCUT2D eigenvalue weighted by atomic mass is 10.1. The van der Waals surface area contributed by atoms with E-state index in [4.69, 9.17) is 4.74 Å². The van der Waals surface area contributed by atoms with Crippen molar-refractivity contribution in [2.45, 2.75) is 13.1 Å². The number of carbonyl (C=O) groups is 1. The maximum absolute atomic E-state index is 13.5. The highest BCUT2D eigenvalue weighted by Crippen LogP contribution is 2.23. The van der Waals surface area contributed by atoms with Crippen LogP contribution in [-0.4, -0.2) is 32.0 Å². The molecule has 3 heterocycles. The van der Waals surface area contributed by atoms with E-state index in [1.807, 2.05) is 41.8 Å². The predicted octanol–water partition coefficient (Wildman–Crippen LogP) is 2.54. The number of benzene rings is 1. The Hall–Kier alpha value is -3.72. The van der Waals surface area contributed by atoms with E-state index in [0.717, 1.165) is 15.0 Å². The summed E-state index contributed by atoms with van der Waals surface area (Å²) >= 11 is 1.56. The Morgan fingerprint density at radius 2 is 1.88 bits per heavy atom. The number of carbonyl (C=O) groups excluding carboxylic acids is 1. The summed E-state index contributed by atoms with van der Waals surface area (Å²) in [6.45, 7) is 0.724. The molecule has 0 spiro atoms. The van der Waals surface area contributed by atoms with Gasteiger partial charge in [0.15, 0.2) is 0 Å². The summed E-state index contributed by atoms with van der Waals surface area (Å²) < 4.78 is 7.76. The van der Waals surface area contributed by atoms with Crippen LogP contribution in [-0.2, 0) is 27.2 Å². The molecule has 0 radical (unpaired) electrons. The molecular formula is C23H22N4O4S. The first-order valence-electron chi connectivity index (χ1n) is 9.90. The smallest absolute Gasteiger partial charge is 0.332 e. The fourth-order valence-electron chi connectivity index (χ4n) is 3.59. The summed E-state index contributed by atoms with van der Waals surface area (Å²) in [5, 5.41) is 2.18. The van der Waals surface area contributed by atoms with E-state index in [0.29, 0.717) is 18.8 Å². The van der Waals surface area contributed by atoms with Crippen LogP contribution in [0.15, 0.2) is 63.6 Å². The molecule has 0 bridgehead atoms. The standard InChI is InChI=1S/C23H22N4O4S/c1-25-20-18(22(29)26(2)23(25)30)11-16(12-24-20)21(28)27(14-17-8-6-10-32-17)13-15-7-4-5-9-19(15)31-3/h4-12H,13-14H2,1-3H3. The molecule has 3 aromatic heterocycles. The number of amides is 1. The first-order chi connectivity index (χ1) is 15.4. The van der Waals surface area contributed by atoms with E-state index in [-0.39, 0.29) is 22.5 Å². The minimum Gasteiger partial charge on any atom is -0.496 e. The van der Waals surface area contributed by atoms with Gasteiger partial charge in [-0.15, -0.1) is 11.3 Å². The minimum absolute atomic E-state index is 0.216. The minimum atomic E-state index is -0.486. The number of nitrogens with zero attached hydrogens (tertiary/aromatic N) is 4. The third kappa shape index (κ3) is 3.94. The van der Waals surface area contributed by atoms with E-state index in [9.17, 15) is 14.4 Å². The fourth-order valence-corrected chi connectivity index (χ4v) is 4.31. The molecule has 0 aliphatic heterocycles. The number of para-hydroxylation sites is 1. The van der Waals surface area contributed by atoms with Crippen molar-refractivity contribution in [1.82, 2.24) is 19.0 Å². The molecule has 0 aliphatic carbocycles. The summed E-state index contributed by atoms with van der Waals surface area (Å²) in [5.41, 5.74) is 0.431. The molecule has 1 amide bonds. The largest absolute Gasteiger partial charge is 0.496 e. The van der Waals surface area contributed by atoms with E-state index in [2.05, 4.69) is 4.98 Å². The van der Waals surface area contributed by atoms with Crippen molar-refractivity contribution in [3.8, 4) is 5.75 Å². The summed E-state index contributed by atoms with van der Waals surface area (Å²) in [4.78, 5) is 45.3. The zero-order valence-electron chi connectivity index (χ0n) is 17.9. The maximum Gasteiger partial charge on any atom is 0.332 e. The molecule has 9 heteroatoms. The Labute approximate surface area is 187 Å². The quantitative estimate of drug-likeness (QED) is 0.451. The number of hydrogen-bond acceptors (Lipinski definition) is 6. The number of aromatic nitrogens is 3. The van der Waals surface area contributed by atoms with Crippen LogP contribution in [0.4, 0.5) is 0 Å². The van der Waals surface area contributed by atoms with Gasteiger partial charge >= 0.3 is 5.69 Å². The van der Waals surface area contributed by atoms with E-state index in [1.165, 1.54) is 23.9 Å². The number of aryl methyl sites for hydroxylation is 1. The predicted molar refractivity (Wildman–Crippen MR) is 123 cm³/mol. The number of pyridine rings is 1. The molecule has 8 nitrogen and oxygen atoms in total. The van der Waals surface area contributed by atoms with Crippen LogP contribution in [0.5, 0.6) is 5.75 Å². The number of thiophene rings is 1. The van der Waals surface area contributed by atoms with Crippen molar-refractivity contribution in [2.24, 2.45) is 14.1 Å². The summed E-state index contributed by atoms with van der Waals surface area (Å²) in [6, 6.07) is 13.0. The van der Waals surface area contributed by atoms with Crippen molar-refractivity contribution >= 4 is 28.3 Å². The van der Waals surface area contributed by atoms with Crippen molar-refractivity contribution < 1.29 is 9.53 Å². The molecule has 0 N–H and O–H groups in total. The zero-order valence-corrected chi connectivity index (χ0v) is 18.8. The molecule has 4 aromatic rings. The van der Waals surface area contributed by atoms with Gasteiger partial charge in [0, 0.05) is 30.7 Å². The molecule has 32 heavy (non-hydrogen) atoms. The van der Waals surface area contributed by atoms with Gasteiger partial charge in [0.05, 0.1) is 31.1 Å². The second-order valence-electron chi connectivity index (χ2n) is 7.35. The van der Waals surface area contributed by atoms with Crippen molar-refractivity contribution in [3.63, 3.8) is 0 Å². The highest BCUT2D eigenvalue weighted by molar-refractivity contribution is 7.09. The van der Waals surface area contributed by atoms with Gasteiger partial charge in [0.1, 0.15) is 11.4 Å². The van der Waals surface area contributed by atoms with Gasteiger partial charge in [-0.2, -0.15) is 0 Å². The van der Waals surface area contributed by atoms with Gasteiger partial charge in [0.2, 0.25) is 0 Å². The second kappa shape index (κ2) is 8.80. The SMILES string of the molecule is COc1ccccc1CN(Cc1cccs1)C(=O)c1cnc2c(c1)c(=O)n(C)c(=O)n2C. The van der Waals surface area contributed by atoms with Gasteiger partial charge in [-0.25, -0.2) is 9.78 Å². The lowest BCUT2D eigenvalue weighted by Crippen LogP contribution is -2.37. The van der Waals surface area contributed by atoms with Gasteiger partial charge in [-0.05, 0) is 23.6 Å². The first-order valence-corrected chi connectivity index (χ1v) is 10.8. The Morgan fingerprint density at radius 3 is 2.59 bits per heavy atom. The number of ether oxygens (including phenoxy) is 1. The topological polar surface area (TPSA) is 86.4 Å². The molecule has 4 rings (SSSR count).